The van der Waals surface area contributed by atoms with Crippen LogP contribution < -0.4 is 5.32 Å². The van der Waals surface area contributed by atoms with Crippen molar-refractivity contribution in [1.29, 1.82) is 0 Å². The third-order valence-electron chi connectivity index (χ3n) is 2.70. The van der Waals surface area contributed by atoms with Crippen LogP contribution in [0.3, 0.4) is 0 Å². The van der Waals surface area contributed by atoms with Gasteiger partial charge in [-0.15, -0.1) is 0 Å². The molecule has 0 aliphatic heterocycles. The van der Waals surface area contributed by atoms with E-state index in [1.807, 2.05) is 0 Å². The average molecular weight is 235 g/mol. The van der Waals surface area contributed by atoms with Gasteiger partial charge < -0.3 is 10.1 Å². The summed E-state index contributed by atoms with van der Waals surface area (Å²) >= 11 is 0. The number of hydrogen-bond acceptors (Lipinski definition) is 2. The normalized spacial score (nSPS) is 10.6. The fourth-order valence-corrected chi connectivity index (χ4v) is 1.73. The van der Waals surface area contributed by atoms with Gasteiger partial charge in [-0.2, -0.15) is 0 Å². The monoisotopic (exact) mass is 235 g/mol. The molecule has 0 amide bonds. The zero-order valence-electron chi connectivity index (χ0n) is 11.0. The second-order valence-corrected chi connectivity index (χ2v) is 4.31. The number of ether oxygens (including phenoxy) is 1. The van der Waals surface area contributed by atoms with Crippen LogP contribution in [-0.2, 0) is 11.2 Å². The van der Waals surface area contributed by atoms with E-state index in [1.165, 1.54) is 18.4 Å². The molecule has 2 heteroatoms. The van der Waals surface area contributed by atoms with Crippen LogP contribution in [0.1, 0.15) is 31.7 Å². The molecule has 0 unspecified atom stereocenters. The largest absolute Gasteiger partial charge is 0.380 e. The maximum absolute atomic E-state index is 5.56. The van der Waals surface area contributed by atoms with E-state index in [0.717, 1.165) is 39.1 Å². The molecule has 0 radical (unpaired) electrons. The van der Waals surface area contributed by atoms with Crippen molar-refractivity contribution in [2.24, 2.45) is 0 Å². The number of nitrogens with one attached hydrogen (secondary N) is 1. The summed E-state index contributed by atoms with van der Waals surface area (Å²) in [6.07, 6.45) is 4.73. The zero-order valence-corrected chi connectivity index (χ0v) is 11.0. The Kier molecular flexibility index (Phi) is 8.61. The van der Waals surface area contributed by atoms with E-state index < -0.39 is 0 Å². The molecule has 1 aromatic rings. The fraction of sp³-hybridized carbons (Fsp3) is 0.600. The van der Waals surface area contributed by atoms with Gasteiger partial charge in [-0.1, -0.05) is 37.3 Å². The quantitative estimate of drug-likeness (QED) is 0.629. The molecule has 1 N–H and O–H groups in total. The third-order valence-corrected chi connectivity index (χ3v) is 2.70. The van der Waals surface area contributed by atoms with E-state index in [2.05, 4.69) is 42.6 Å². The maximum Gasteiger partial charge on any atom is 0.0590 e. The highest BCUT2D eigenvalue weighted by Crippen LogP contribution is 2.04. The molecular weight excluding hydrogens is 210 g/mol. The molecule has 1 rings (SSSR count). The van der Waals surface area contributed by atoms with Crippen molar-refractivity contribution < 1.29 is 4.74 Å². The van der Waals surface area contributed by atoms with Crippen LogP contribution in [0.4, 0.5) is 0 Å². The first-order valence-corrected chi connectivity index (χ1v) is 6.76. The van der Waals surface area contributed by atoms with Gasteiger partial charge in [0.1, 0.15) is 0 Å². The molecule has 0 bridgehead atoms. The average Bonchev–Trinajstić information content (AvgIpc) is 2.38. The third kappa shape index (κ3) is 7.94. The van der Waals surface area contributed by atoms with Crippen LogP contribution in [-0.4, -0.2) is 26.3 Å². The lowest BCUT2D eigenvalue weighted by atomic mass is 10.1. The number of benzene rings is 1. The SMILES string of the molecule is CCCNCCOCCCCc1ccccc1. The van der Waals surface area contributed by atoms with Crippen molar-refractivity contribution in [3.8, 4) is 0 Å². The molecule has 17 heavy (non-hydrogen) atoms. The lowest BCUT2D eigenvalue weighted by Gasteiger charge is -2.05. The predicted molar refractivity (Wildman–Crippen MR) is 73.4 cm³/mol. The molecule has 1 aromatic carbocycles. The lowest BCUT2D eigenvalue weighted by Crippen LogP contribution is -2.20. The first-order chi connectivity index (χ1) is 8.43. The molecule has 0 heterocycles. The summed E-state index contributed by atoms with van der Waals surface area (Å²) in [7, 11) is 0. The Hall–Kier alpha value is -0.860. The van der Waals surface area contributed by atoms with Crippen LogP contribution in [0, 0.1) is 0 Å². The maximum atomic E-state index is 5.56. The molecule has 0 spiro atoms. The van der Waals surface area contributed by atoms with Crippen LogP contribution in [0.15, 0.2) is 30.3 Å². The van der Waals surface area contributed by atoms with Crippen LogP contribution >= 0.6 is 0 Å². The number of hydrogen-bond donors (Lipinski definition) is 1. The predicted octanol–water partition coefficient (Wildman–Crippen LogP) is 3.03. The van der Waals surface area contributed by atoms with Gasteiger partial charge in [0.05, 0.1) is 6.61 Å². The molecule has 0 saturated carbocycles. The Bertz CT molecular complexity index is 261. The molecule has 0 fully saturated rings. The van der Waals surface area contributed by atoms with Gasteiger partial charge >= 0.3 is 0 Å². The fourth-order valence-electron chi connectivity index (χ4n) is 1.73. The van der Waals surface area contributed by atoms with Crippen molar-refractivity contribution in [3.05, 3.63) is 35.9 Å². The summed E-state index contributed by atoms with van der Waals surface area (Å²) in [5.74, 6) is 0. The first kappa shape index (κ1) is 14.2. The van der Waals surface area contributed by atoms with Crippen molar-refractivity contribution in [2.75, 3.05) is 26.3 Å². The number of rotatable bonds is 10. The zero-order chi connectivity index (χ0) is 12.2. The van der Waals surface area contributed by atoms with Gasteiger partial charge in [0.2, 0.25) is 0 Å². The van der Waals surface area contributed by atoms with Crippen LogP contribution in [0.5, 0.6) is 0 Å². The highest BCUT2D eigenvalue weighted by Gasteiger charge is 1.93. The molecule has 96 valence electrons. The van der Waals surface area contributed by atoms with Gasteiger partial charge in [0.15, 0.2) is 0 Å². The second-order valence-electron chi connectivity index (χ2n) is 4.31. The molecule has 0 aliphatic carbocycles. The summed E-state index contributed by atoms with van der Waals surface area (Å²) < 4.78 is 5.56. The minimum absolute atomic E-state index is 0.839. The van der Waals surface area contributed by atoms with Crippen molar-refractivity contribution in [1.82, 2.24) is 5.32 Å². The van der Waals surface area contributed by atoms with Gasteiger partial charge in [-0.3, -0.25) is 0 Å². The first-order valence-electron chi connectivity index (χ1n) is 6.76. The molecule has 2 nitrogen and oxygen atoms in total. The van der Waals surface area contributed by atoms with Crippen molar-refractivity contribution in [2.45, 2.75) is 32.6 Å². The standard InChI is InChI=1S/C15H25NO/c1-2-11-16-12-14-17-13-7-6-10-15-8-4-3-5-9-15/h3-5,8-9,16H,2,6-7,10-14H2,1H3. The summed E-state index contributed by atoms with van der Waals surface area (Å²) in [6, 6.07) is 10.7. The summed E-state index contributed by atoms with van der Waals surface area (Å²) in [6.45, 7) is 5.98. The molecule has 0 saturated heterocycles. The topological polar surface area (TPSA) is 21.3 Å². The minimum Gasteiger partial charge on any atom is -0.380 e. The molecular formula is C15H25NO. The number of unbranched alkanes of at least 4 members (excludes halogenated alkanes) is 1. The van der Waals surface area contributed by atoms with Crippen LogP contribution in [0.2, 0.25) is 0 Å². The van der Waals surface area contributed by atoms with E-state index in [1.54, 1.807) is 0 Å². The van der Waals surface area contributed by atoms with Gasteiger partial charge in [-0.05, 0) is 37.8 Å². The summed E-state index contributed by atoms with van der Waals surface area (Å²) in [5.41, 5.74) is 1.43. The summed E-state index contributed by atoms with van der Waals surface area (Å²) in [5, 5.41) is 3.33. The minimum atomic E-state index is 0.839. The van der Waals surface area contributed by atoms with Gasteiger partial charge in [-0.25, -0.2) is 0 Å². The van der Waals surface area contributed by atoms with Gasteiger partial charge in [0.25, 0.3) is 0 Å². The van der Waals surface area contributed by atoms with E-state index >= 15 is 0 Å². The Morgan fingerprint density at radius 3 is 2.59 bits per heavy atom. The Labute approximate surface area is 105 Å². The smallest absolute Gasteiger partial charge is 0.0590 e. The highest BCUT2D eigenvalue weighted by atomic mass is 16.5. The van der Waals surface area contributed by atoms with E-state index in [0.29, 0.717) is 0 Å². The molecule has 0 aliphatic rings. The van der Waals surface area contributed by atoms with E-state index in [4.69, 9.17) is 4.74 Å². The van der Waals surface area contributed by atoms with Crippen molar-refractivity contribution in [3.63, 3.8) is 0 Å². The second kappa shape index (κ2) is 10.3. The van der Waals surface area contributed by atoms with Gasteiger partial charge in [0, 0.05) is 13.2 Å². The number of aryl methyl sites for hydroxylation is 1. The Balaban J connectivity index is 1.85. The highest BCUT2D eigenvalue weighted by molar-refractivity contribution is 5.14. The van der Waals surface area contributed by atoms with Crippen LogP contribution in [0.25, 0.3) is 0 Å². The Morgan fingerprint density at radius 1 is 1.00 bits per heavy atom. The molecule has 0 aromatic heterocycles. The van der Waals surface area contributed by atoms with Crippen molar-refractivity contribution >= 4 is 0 Å². The summed E-state index contributed by atoms with van der Waals surface area (Å²) in [4.78, 5) is 0. The van der Waals surface area contributed by atoms with E-state index in [-0.39, 0.29) is 0 Å². The van der Waals surface area contributed by atoms with E-state index in [9.17, 15) is 0 Å². The lowest BCUT2D eigenvalue weighted by molar-refractivity contribution is 0.132. The Morgan fingerprint density at radius 2 is 1.82 bits per heavy atom. The molecule has 0 atom stereocenters.